The van der Waals surface area contributed by atoms with Gasteiger partial charge in [0.05, 0.1) is 0 Å². The molecule has 0 aliphatic rings. The Morgan fingerprint density at radius 2 is 1.42 bits per heavy atom. The molecule has 2 nitrogen and oxygen atoms in total. The molecule has 0 radical (unpaired) electrons. The molecule has 0 aromatic heterocycles. The van der Waals surface area contributed by atoms with Crippen LogP contribution in [0.3, 0.4) is 0 Å². The summed E-state index contributed by atoms with van der Waals surface area (Å²) in [5, 5.41) is 7.01. The van der Waals surface area contributed by atoms with Gasteiger partial charge < -0.3 is 5.73 Å². The number of nitrogens with one attached hydrogen (secondary N) is 1. The molecular weight excluding hydrogens is 218 g/mol. The summed E-state index contributed by atoms with van der Waals surface area (Å²) < 4.78 is 0. The third-order valence-electron chi connectivity index (χ3n) is 1.08. The molecule has 1 aromatic carbocycles. The van der Waals surface area contributed by atoms with Gasteiger partial charge >= 0.3 is 0 Å². The monoisotopic (exact) mass is 228 g/mol. The minimum absolute atomic E-state index is 0. The summed E-state index contributed by atoms with van der Waals surface area (Å²) in [6.45, 7) is 0. The molecule has 0 spiro atoms. The average molecular weight is 230 g/mol. The Morgan fingerprint density at radius 3 is 1.67 bits per heavy atom. The van der Waals surface area contributed by atoms with Gasteiger partial charge in [-0.1, -0.05) is 30.3 Å². The van der Waals surface area contributed by atoms with Crippen molar-refractivity contribution >= 4 is 43.1 Å². The van der Waals surface area contributed by atoms with Crippen LogP contribution in [0, 0.1) is 5.41 Å². The summed E-state index contributed by atoms with van der Waals surface area (Å²) in [5.74, 6) is 0.121. The number of nitrogen functional groups attached to an aromatic ring is 1. The highest BCUT2D eigenvalue weighted by molar-refractivity contribution is 5.94. The zero-order chi connectivity index (χ0) is 6.69. The number of halogens is 3. The third kappa shape index (κ3) is 5.24. The average Bonchev–Trinajstić information content (AvgIpc) is 1.90. The van der Waals surface area contributed by atoms with Crippen LogP contribution in [-0.2, 0) is 0 Å². The summed E-state index contributed by atoms with van der Waals surface area (Å²) in [6, 6.07) is 9.23. The molecule has 12 heavy (non-hydrogen) atoms. The molecule has 0 aliphatic heterocycles. The maximum Gasteiger partial charge on any atom is 0.122 e. The van der Waals surface area contributed by atoms with E-state index in [1.807, 2.05) is 30.3 Å². The van der Waals surface area contributed by atoms with Crippen LogP contribution in [0.2, 0.25) is 0 Å². The lowest BCUT2D eigenvalue weighted by atomic mass is 10.2. The maximum atomic E-state index is 7.01. The number of hydrogen-bond acceptors (Lipinski definition) is 1. The molecule has 0 heterocycles. The Balaban J connectivity index is -0.000000270. The standard InChI is InChI=1S/C7H8N2.3ClH/c8-7(9)6-4-2-1-3-5-6;;;/h1-5H,(H3,8,9);3*1H. The Kier molecular flexibility index (Phi) is 12.7. The van der Waals surface area contributed by atoms with Gasteiger partial charge in [0.1, 0.15) is 5.84 Å². The molecule has 0 saturated heterocycles. The first-order valence-electron chi connectivity index (χ1n) is 2.70. The molecule has 5 heteroatoms. The van der Waals surface area contributed by atoms with E-state index in [1.165, 1.54) is 0 Å². The smallest absolute Gasteiger partial charge is 0.122 e. The summed E-state index contributed by atoms with van der Waals surface area (Å²) in [4.78, 5) is 0. The fourth-order valence-corrected chi connectivity index (χ4v) is 0.618. The van der Waals surface area contributed by atoms with E-state index < -0.39 is 0 Å². The molecule has 0 atom stereocenters. The van der Waals surface area contributed by atoms with E-state index in [9.17, 15) is 0 Å². The normalized spacial score (nSPS) is 6.67. The minimum Gasteiger partial charge on any atom is -0.384 e. The van der Waals surface area contributed by atoms with Crippen LogP contribution in [0.5, 0.6) is 0 Å². The van der Waals surface area contributed by atoms with Gasteiger partial charge in [-0.2, -0.15) is 0 Å². The topological polar surface area (TPSA) is 49.9 Å². The van der Waals surface area contributed by atoms with Gasteiger partial charge in [0.15, 0.2) is 0 Å². The fourth-order valence-electron chi connectivity index (χ4n) is 0.618. The van der Waals surface area contributed by atoms with E-state index in [-0.39, 0.29) is 43.1 Å². The van der Waals surface area contributed by atoms with Crippen LogP contribution in [-0.4, -0.2) is 5.84 Å². The van der Waals surface area contributed by atoms with Crippen LogP contribution in [0.4, 0.5) is 0 Å². The molecule has 1 aromatic rings. The highest BCUT2D eigenvalue weighted by atomic mass is 35.5. The van der Waals surface area contributed by atoms with Crippen molar-refractivity contribution < 1.29 is 0 Å². The zero-order valence-corrected chi connectivity index (χ0v) is 8.64. The van der Waals surface area contributed by atoms with Crippen LogP contribution < -0.4 is 5.73 Å². The molecule has 0 saturated carbocycles. The predicted octanol–water partition coefficient (Wildman–Crippen LogP) is 2.24. The van der Waals surface area contributed by atoms with Crippen molar-refractivity contribution in [3.63, 3.8) is 0 Å². The third-order valence-corrected chi connectivity index (χ3v) is 1.08. The van der Waals surface area contributed by atoms with Crippen molar-refractivity contribution in [1.82, 2.24) is 0 Å². The van der Waals surface area contributed by atoms with Gasteiger partial charge in [0, 0.05) is 5.56 Å². The molecular formula is C7H11Cl3N2. The van der Waals surface area contributed by atoms with E-state index >= 15 is 0 Å². The first-order valence-corrected chi connectivity index (χ1v) is 2.70. The van der Waals surface area contributed by atoms with Crippen LogP contribution >= 0.6 is 37.2 Å². The second-order valence-corrected chi connectivity index (χ2v) is 1.78. The summed E-state index contributed by atoms with van der Waals surface area (Å²) in [5.41, 5.74) is 5.97. The number of benzene rings is 1. The number of nitrogens with two attached hydrogens (primary N) is 1. The SMILES string of the molecule is Cl.Cl.Cl.N=C(N)c1ccccc1. The summed E-state index contributed by atoms with van der Waals surface area (Å²) in [7, 11) is 0. The first-order chi connectivity index (χ1) is 4.30. The van der Waals surface area contributed by atoms with E-state index in [1.54, 1.807) is 0 Å². The number of hydrogen-bond donors (Lipinski definition) is 2. The van der Waals surface area contributed by atoms with Crippen molar-refractivity contribution in [3.8, 4) is 0 Å². The lowest BCUT2D eigenvalue weighted by molar-refractivity contribution is 1.42. The molecule has 70 valence electrons. The fraction of sp³-hybridized carbons (Fsp3) is 0. The van der Waals surface area contributed by atoms with Gasteiger partial charge in [-0.15, -0.1) is 37.2 Å². The predicted molar refractivity (Wildman–Crippen MR) is 59.2 cm³/mol. The molecule has 0 aliphatic carbocycles. The lowest BCUT2D eigenvalue weighted by Crippen LogP contribution is -2.10. The lowest BCUT2D eigenvalue weighted by Gasteiger charge is -1.93. The van der Waals surface area contributed by atoms with Crippen molar-refractivity contribution in [1.29, 1.82) is 5.41 Å². The Bertz CT molecular complexity index is 213. The van der Waals surface area contributed by atoms with Crippen LogP contribution in [0.1, 0.15) is 5.56 Å². The van der Waals surface area contributed by atoms with Crippen molar-refractivity contribution in [3.05, 3.63) is 35.9 Å². The maximum absolute atomic E-state index is 7.01. The Hall–Kier alpha value is -0.440. The van der Waals surface area contributed by atoms with Crippen molar-refractivity contribution in [2.24, 2.45) is 5.73 Å². The van der Waals surface area contributed by atoms with Gasteiger partial charge in [-0.05, 0) is 0 Å². The van der Waals surface area contributed by atoms with Crippen molar-refractivity contribution in [2.45, 2.75) is 0 Å². The minimum atomic E-state index is 0. The highest BCUT2D eigenvalue weighted by Crippen LogP contribution is 1.94. The van der Waals surface area contributed by atoms with E-state index in [0.717, 1.165) is 5.56 Å². The molecule has 0 fully saturated rings. The quantitative estimate of drug-likeness (QED) is 0.563. The first kappa shape index (κ1) is 17.6. The number of amidine groups is 1. The molecule has 1 rings (SSSR count). The number of rotatable bonds is 1. The van der Waals surface area contributed by atoms with Gasteiger partial charge in [-0.3, -0.25) is 5.41 Å². The second-order valence-electron chi connectivity index (χ2n) is 1.78. The van der Waals surface area contributed by atoms with Crippen LogP contribution in [0.15, 0.2) is 30.3 Å². The van der Waals surface area contributed by atoms with Gasteiger partial charge in [-0.25, -0.2) is 0 Å². The Morgan fingerprint density at radius 1 is 1.00 bits per heavy atom. The summed E-state index contributed by atoms with van der Waals surface area (Å²) in [6.07, 6.45) is 0. The molecule has 0 amide bonds. The van der Waals surface area contributed by atoms with Gasteiger partial charge in [0.2, 0.25) is 0 Å². The highest BCUT2D eigenvalue weighted by Gasteiger charge is 1.89. The van der Waals surface area contributed by atoms with E-state index in [4.69, 9.17) is 11.1 Å². The largest absolute Gasteiger partial charge is 0.384 e. The molecule has 0 bridgehead atoms. The molecule has 3 N–H and O–H groups in total. The summed E-state index contributed by atoms with van der Waals surface area (Å²) >= 11 is 0. The zero-order valence-electron chi connectivity index (χ0n) is 6.19. The van der Waals surface area contributed by atoms with Crippen molar-refractivity contribution in [2.75, 3.05) is 0 Å². The second kappa shape index (κ2) is 8.65. The van der Waals surface area contributed by atoms with Crippen LogP contribution in [0.25, 0.3) is 0 Å². The van der Waals surface area contributed by atoms with E-state index in [0.29, 0.717) is 0 Å². The van der Waals surface area contributed by atoms with E-state index in [2.05, 4.69) is 0 Å². The van der Waals surface area contributed by atoms with Gasteiger partial charge in [0.25, 0.3) is 0 Å². The Labute approximate surface area is 90.3 Å². The molecule has 0 unspecified atom stereocenters.